The van der Waals surface area contributed by atoms with Crippen LogP contribution in [0, 0.1) is 6.85 Å². The zero-order valence-electron chi connectivity index (χ0n) is 23.9. The fourth-order valence-electron chi connectivity index (χ4n) is 2.04. The second kappa shape index (κ2) is 5.71. The van der Waals surface area contributed by atoms with Crippen molar-refractivity contribution in [3.63, 3.8) is 0 Å². The van der Waals surface area contributed by atoms with Crippen LogP contribution in [0.4, 0.5) is 0 Å². The Morgan fingerprint density at radius 3 is 2.86 bits per heavy atom. The lowest BCUT2D eigenvalue weighted by Gasteiger charge is -2.09. The molecule has 0 N–H and O–H groups in total. The minimum Gasteiger partial charge on any atom is -0.336 e. The summed E-state index contributed by atoms with van der Waals surface area (Å²) in [6.45, 7) is -13.2. The SMILES string of the molecule is [2H]c1c(C([2H])([2H])[2H])c2c(=O)n(CCCCC(=O)C([2H])([2H])[2H])c(=O)n(C([2H])([2H])[2H])c2n1C([2H])([2H])[2H]. The van der Waals surface area contributed by atoms with Crippen LogP contribution in [0.3, 0.4) is 0 Å². The summed E-state index contributed by atoms with van der Waals surface area (Å²) in [7, 11) is 0. The molecule has 114 valence electrons. The van der Waals surface area contributed by atoms with Gasteiger partial charge in [0.15, 0.2) is 0 Å². The zero-order chi connectivity index (χ0) is 26.6. The molecule has 0 amide bonds. The van der Waals surface area contributed by atoms with Crippen molar-refractivity contribution < 1.29 is 22.6 Å². The normalized spacial score (nSPS) is 22.8. The predicted molar refractivity (Wildman–Crippen MR) is 81.7 cm³/mol. The molecule has 6 heteroatoms. The van der Waals surface area contributed by atoms with Gasteiger partial charge >= 0.3 is 5.69 Å². The quantitative estimate of drug-likeness (QED) is 0.777. The summed E-state index contributed by atoms with van der Waals surface area (Å²) in [5, 5.41) is -0.921. The standard InChI is InChI=1S/C15H21N3O3/c1-10-9-16(3)13-12(10)14(20)18(15(21)17(13)4)8-6-5-7-11(2)19/h9H,5-8H2,1-4H3/i1D3,2D3,3D3,4D3,9D. The molecule has 0 aliphatic rings. The Morgan fingerprint density at radius 1 is 1.33 bits per heavy atom. The maximum absolute atomic E-state index is 13.2. The molecule has 2 rings (SSSR count). The van der Waals surface area contributed by atoms with Gasteiger partial charge in [-0.3, -0.25) is 13.9 Å². The molecule has 0 aromatic carbocycles. The van der Waals surface area contributed by atoms with Crippen molar-refractivity contribution in [2.45, 2.75) is 39.5 Å². The van der Waals surface area contributed by atoms with Crippen LogP contribution in [0.1, 0.15) is 49.5 Å². The number of hydrogen-bond acceptors (Lipinski definition) is 3. The summed E-state index contributed by atoms with van der Waals surface area (Å²) in [4.78, 5) is 37.7. The molecule has 2 aromatic heterocycles. The van der Waals surface area contributed by atoms with Crippen molar-refractivity contribution >= 4 is 16.8 Å². The Hall–Kier alpha value is -2.11. The molecule has 0 unspecified atom stereocenters. The number of aryl methyl sites for hydroxylation is 3. The monoisotopic (exact) mass is 304 g/mol. The van der Waals surface area contributed by atoms with Gasteiger partial charge in [-0.2, -0.15) is 0 Å². The molecule has 0 fully saturated rings. The number of unbranched alkanes of at least 4 members (excludes halogenated alkanes) is 1. The van der Waals surface area contributed by atoms with Gasteiger partial charge in [-0.25, -0.2) is 4.79 Å². The molecule has 0 radical (unpaired) electrons. The number of rotatable bonds is 5. The molecule has 0 saturated heterocycles. The molecule has 0 spiro atoms. The van der Waals surface area contributed by atoms with Crippen molar-refractivity contribution in [2.75, 3.05) is 0 Å². The lowest BCUT2D eigenvalue weighted by molar-refractivity contribution is -0.117. The largest absolute Gasteiger partial charge is 0.336 e. The lowest BCUT2D eigenvalue weighted by atomic mass is 10.2. The summed E-state index contributed by atoms with van der Waals surface area (Å²) in [6.07, 6.45) is -1.78. The number of carbonyl (C=O) groups is 1. The van der Waals surface area contributed by atoms with Crippen LogP contribution in [0.5, 0.6) is 0 Å². The van der Waals surface area contributed by atoms with E-state index in [0.29, 0.717) is 4.57 Å². The third-order valence-corrected chi connectivity index (χ3v) is 3.04. The number of aromatic nitrogens is 3. The van der Waals surface area contributed by atoms with Crippen LogP contribution >= 0.6 is 0 Å². The first-order chi connectivity index (χ1) is 15.1. The van der Waals surface area contributed by atoms with Gasteiger partial charge in [0, 0.05) is 49.5 Å². The van der Waals surface area contributed by atoms with Gasteiger partial charge < -0.3 is 9.36 Å². The Kier molecular flexibility index (Phi) is 1.52. The number of nitrogens with zero attached hydrogens (tertiary/aromatic N) is 3. The Morgan fingerprint density at radius 2 is 2.19 bits per heavy atom. The van der Waals surface area contributed by atoms with Gasteiger partial charge in [0.1, 0.15) is 11.4 Å². The van der Waals surface area contributed by atoms with Gasteiger partial charge in [-0.05, 0) is 32.1 Å². The van der Waals surface area contributed by atoms with Gasteiger partial charge in [0.05, 0.1) is 6.76 Å². The summed E-state index contributed by atoms with van der Waals surface area (Å²) in [5.74, 6) is -1.05. The molecule has 0 atom stereocenters. The van der Waals surface area contributed by atoms with Crippen molar-refractivity contribution in [3.8, 4) is 0 Å². The molecule has 2 aromatic rings. The van der Waals surface area contributed by atoms with Gasteiger partial charge in [-0.15, -0.1) is 0 Å². The number of Topliss-reactive ketones (excluding diaryl/α,β-unsaturated/α-hetero) is 1. The molecular formula is C15H21N3O3. The molecule has 0 aliphatic heterocycles. The summed E-state index contributed by atoms with van der Waals surface area (Å²) >= 11 is 0. The molecular weight excluding hydrogens is 270 g/mol. The molecule has 0 saturated carbocycles. The van der Waals surface area contributed by atoms with Crippen LogP contribution in [0.25, 0.3) is 11.0 Å². The van der Waals surface area contributed by atoms with Crippen LogP contribution in [-0.2, 0) is 25.3 Å². The van der Waals surface area contributed by atoms with Crippen molar-refractivity contribution in [1.82, 2.24) is 13.7 Å². The maximum atomic E-state index is 13.2. The second-order valence-electron chi connectivity index (χ2n) is 4.48. The zero-order valence-corrected chi connectivity index (χ0v) is 10.9. The van der Waals surface area contributed by atoms with E-state index in [-0.39, 0.29) is 22.0 Å². The summed E-state index contributed by atoms with van der Waals surface area (Å²) in [5.41, 5.74) is -4.85. The fourth-order valence-corrected chi connectivity index (χ4v) is 2.04. The maximum Gasteiger partial charge on any atom is 0.332 e. The van der Waals surface area contributed by atoms with E-state index in [1.807, 2.05) is 0 Å². The third kappa shape index (κ3) is 2.70. The smallest absolute Gasteiger partial charge is 0.332 e. The highest BCUT2D eigenvalue weighted by atomic mass is 16.2. The molecule has 21 heavy (non-hydrogen) atoms. The van der Waals surface area contributed by atoms with E-state index in [4.69, 9.17) is 17.8 Å². The topological polar surface area (TPSA) is 66.0 Å². The van der Waals surface area contributed by atoms with Crippen LogP contribution in [-0.4, -0.2) is 19.5 Å². The van der Waals surface area contributed by atoms with Crippen molar-refractivity contribution in [1.29, 1.82) is 0 Å². The Bertz CT molecular complexity index is 1220. The minimum atomic E-state index is -3.36. The molecule has 2 heterocycles. The molecule has 6 nitrogen and oxygen atoms in total. The third-order valence-electron chi connectivity index (χ3n) is 3.04. The van der Waals surface area contributed by atoms with Gasteiger partial charge in [-0.1, -0.05) is 0 Å². The van der Waals surface area contributed by atoms with E-state index in [9.17, 15) is 14.4 Å². The van der Waals surface area contributed by atoms with E-state index >= 15 is 0 Å². The Labute approximate surface area is 140 Å². The number of ketones is 1. The minimum absolute atomic E-state index is 0.0169. The van der Waals surface area contributed by atoms with E-state index in [1.54, 1.807) is 0 Å². The van der Waals surface area contributed by atoms with E-state index in [2.05, 4.69) is 0 Å². The Balaban J connectivity index is 2.84. The highest BCUT2D eigenvalue weighted by molar-refractivity contribution is 5.79. The molecule has 0 aliphatic carbocycles. The second-order valence-corrected chi connectivity index (χ2v) is 4.48. The van der Waals surface area contributed by atoms with Crippen LogP contribution < -0.4 is 11.2 Å². The van der Waals surface area contributed by atoms with Crippen LogP contribution in [0.15, 0.2) is 15.8 Å². The van der Waals surface area contributed by atoms with Gasteiger partial charge in [0.2, 0.25) is 0 Å². The van der Waals surface area contributed by atoms with Crippen LogP contribution in [0.2, 0.25) is 0 Å². The number of carbonyl (C=O) groups excluding carboxylic acids is 1. The molecule has 0 bridgehead atoms. The average Bonchev–Trinajstić information content (AvgIpc) is 2.91. The first-order valence-electron chi connectivity index (χ1n) is 12.6. The number of fused-ring (bicyclic) bond motifs is 1. The summed E-state index contributed by atoms with van der Waals surface area (Å²) < 4.78 is 98.8. The average molecular weight is 304 g/mol. The highest BCUT2D eigenvalue weighted by Crippen LogP contribution is 2.13. The highest BCUT2D eigenvalue weighted by Gasteiger charge is 2.15. The fraction of sp³-hybridized carbons (Fsp3) is 0.533. The lowest BCUT2D eigenvalue weighted by Crippen LogP contribution is -2.39. The predicted octanol–water partition coefficient (Wildman–Crippen LogP) is 1.11. The number of hydrogen-bond donors (Lipinski definition) is 0. The summed E-state index contributed by atoms with van der Waals surface area (Å²) in [6, 6.07) is 0. The first-order valence-corrected chi connectivity index (χ1v) is 6.07. The van der Waals surface area contributed by atoms with E-state index in [0.717, 1.165) is 0 Å². The van der Waals surface area contributed by atoms with Gasteiger partial charge in [0.25, 0.3) is 5.56 Å². The first kappa shape index (κ1) is 5.59. The van der Waals surface area contributed by atoms with E-state index in [1.165, 1.54) is 0 Å². The van der Waals surface area contributed by atoms with Crippen molar-refractivity contribution in [2.24, 2.45) is 14.0 Å². The van der Waals surface area contributed by atoms with E-state index < -0.39 is 80.4 Å². The van der Waals surface area contributed by atoms with Crippen molar-refractivity contribution in [3.05, 3.63) is 32.6 Å².